The first-order valence-corrected chi connectivity index (χ1v) is 9.03. The Morgan fingerprint density at radius 1 is 1.12 bits per heavy atom. The quantitative estimate of drug-likeness (QED) is 0.504. The zero-order valence-electron chi connectivity index (χ0n) is 11.2. The number of aliphatic carboxylic acids is 1. The van der Waals surface area contributed by atoms with E-state index in [0.29, 0.717) is 11.8 Å². The van der Waals surface area contributed by atoms with Crippen molar-refractivity contribution in [3.8, 4) is 0 Å². The molecule has 0 aromatic carbocycles. The van der Waals surface area contributed by atoms with Crippen LogP contribution in [-0.2, 0) is 14.3 Å². The number of carbonyl (C=O) groups excluding carboxylic acids is 1. The highest BCUT2D eigenvalue weighted by atomic mass is 32.2. The molecule has 1 atom stereocenters. The fourth-order valence-corrected chi connectivity index (χ4v) is 5.38. The van der Waals surface area contributed by atoms with Crippen LogP contribution in [-0.4, -0.2) is 47.5 Å². The maximum Gasteiger partial charge on any atom is 0.376 e. The largest absolute Gasteiger partial charge is 0.501 e. The molecule has 11 nitrogen and oxygen atoms in total. The van der Waals surface area contributed by atoms with E-state index in [2.05, 4.69) is 20.4 Å². The normalized spacial score (nSPS) is 20.4. The van der Waals surface area contributed by atoms with E-state index in [4.69, 9.17) is 16.2 Å². The molecule has 0 fully saturated rings. The van der Waals surface area contributed by atoms with Crippen molar-refractivity contribution >= 4 is 68.4 Å². The van der Waals surface area contributed by atoms with Gasteiger partial charge >= 0.3 is 11.9 Å². The van der Waals surface area contributed by atoms with Gasteiger partial charge in [-0.05, 0) is 11.8 Å². The van der Waals surface area contributed by atoms with Crippen LogP contribution in [0.4, 0.5) is 10.3 Å². The lowest BCUT2D eigenvalue weighted by molar-refractivity contribution is -0.159. The number of aliphatic hydroxyl groups excluding tert-OH is 1. The van der Waals surface area contributed by atoms with E-state index in [0.717, 1.165) is 34.4 Å². The molecule has 1 unspecified atom stereocenters. The van der Waals surface area contributed by atoms with E-state index >= 15 is 0 Å². The standard InChI is InChI=1S/C9H6N6O5S4/c10-5-12-14-7(22-5)21-2-1(16)3(17)20-9(2,4(18)19)24-8-15-13-6(11)23-8/h16H,(H2,10,12)(H2,11,13)(H,18,19). The molecule has 0 radical (unpaired) electrons. The van der Waals surface area contributed by atoms with Gasteiger partial charge in [0.25, 0.3) is 4.93 Å². The van der Waals surface area contributed by atoms with E-state index < -0.39 is 22.6 Å². The molecule has 0 saturated carbocycles. The SMILES string of the molecule is Nc1nnc(SC2=C(O)C(=O)OC2(Sc2nnc(N)s2)C(=O)O)s1. The van der Waals surface area contributed by atoms with E-state index in [1.807, 2.05) is 0 Å². The summed E-state index contributed by atoms with van der Waals surface area (Å²) in [6.07, 6.45) is 0. The number of cyclic esters (lactones) is 1. The third kappa shape index (κ3) is 2.85. The second-order valence-corrected chi connectivity index (χ2v) is 8.71. The van der Waals surface area contributed by atoms with Crippen molar-refractivity contribution in [2.45, 2.75) is 13.6 Å². The van der Waals surface area contributed by atoms with Gasteiger partial charge in [-0.2, -0.15) is 0 Å². The van der Waals surface area contributed by atoms with Gasteiger partial charge in [-0.1, -0.05) is 34.4 Å². The summed E-state index contributed by atoms with van der Waals surface area (Å²) < 4.78 is 5.31. The Morgan fingerprint density at radius 2 is 1.71 bits per heavy atom. The third-order valence-electron chi connectivity index (χ3n) is 2.49. The Morgan fingerprint density at radius 3 is 2.21 bits per heavy atom. The molecule has 0 amide bonds. The lowest BCUT2D eigenvalue weighted by Gasteiger charge is -2.22. The minimum absolute atomic E-state index is 0.113. The summed E-state index contributed by atoms with van der Waals surface area (Å²) in [4.78, 5) is 21.1. The zero-order chi connectivity index (χ0) is 17.5. The number of anilines is 2. The molecule has 6 N–H and O–H groups in total. The lowest BCUT2D eigenvalue weighted by Crippen LogP contribution is -2.37. The van der Waals surface area contributed by atoms with Gasteiger partial charge in [-0.25, -0.2) is 9.59 Å². The van der Waals surface area contributed by atoms with Crippen LogP contribution < -0.4 is 11.5 Å². The van der Waals surface area contributed by atoms with Crippen molar-refractivity contribution in [1.82, 2.24) is 20.4 Å². The highest BCUT2D eigenvalue weighted by molar-refractivity contribution is 8.08. The summed E-state index contributed by atoms with van der Waals surface area (Å²) in [5.41, 5.74) is 10.9. The smallest absolute Gasteiger partial charge is 0.376 e. The summed E-state index contributed by atoms with van der Waals surface area (Å²) in [7, 11) is 0. The van der Waals surface area contributed by atoms with Crippen molar-refractivity contribution in [3.63, 3.8) is 0 Å². The van der Waals surface area contributed by atoms with Crippen LogP contribution in [0, 0.1) is 0 Å². The number of carboxylic acid groups (broad SMARTS) is 1. The molecule has 0 bridgehead atoms. The van der Waals surface area contributed by atoms with Gasteiger partial charge in [0, 0.05) is 0 Å². The predicted octanol–water partition coefficient (Wildman–Crippen LogP) is 0.546. The highest BCUT2D eigenvalue weighted by Gasteiger charge is 2.57. The molecule has 1 aliphatic heterocycles. The number of carbonyl (C=O) groups is 2. The number of nitrogens with zero attached hydrogens (tertiary/aromatic N) is 4. The van der Waals surface area contributed by atoms with Crippen molar-refractivity contribution in [2.24, 2.45) is 0 Å². The maximum absolute atomic E-state index is 11.8. The molecule has 0 saturated heterocycles. The van der Waals surface area contributed by atoms with Gasteiger partial charge in [0.1, 0.15) is 4.91 Å². The number of thioether (sulfide) groups is 2. The fourth-order valence-electron chi connectivity index (χ4n) is 1.57. The first kappa shape index (κ1) is 16.7. The van der Waals surface area contributed by atoms with Crippen LogP contribution in [0.3, 0.4) is 0 Å². The molecule has 1 aliphatic rings. The second-order valence-electron chi connectivity index (χ2n) is 4.01. The van der Waals surface area contributed by atoms with Gasteiger partial charge in [-0.15, -0.1) is 20.4 Å². The molecule has 3 rings (SSSR count). The Labute approximate surface area is 149 Å². The van der Waals surface area contributed by atoms with Crippen LogP contribution in [0.2, 0.25) is 0 Å². The van der Waals surface area contributed by atoms with Crippen molar-refractivity contribution in [3.05, 3.63) is 10.7 Å². The minimum Gasteiger partial charge on any atom is -0.501 e. The number of nitrogens with two attached hydrogens (primary N) is 2. The topological polar surface area (TPSA) is 187 Å². The Kier molecular flexibility index (Phi) is 4.24. The zero-order valence-corrected chi connectivity index (χ0v) is 14.5. The Balaban J connectivity index is 2.02. The average Bonchev–Trinajstić information content (AvgIpc) is 3.16. The molecule has 3 heterocycles. The number of esters is 1. The van der Waals surface area contributed by atoms with Gasteiger partial charge in [-0.3, -0.25) is 0 Å². The summed E-state index contributed by atoms with van der Waals surface area (Å²) in [6, 6.07) is 0. The summed E-state index contributed by atoms with van der Waals surface area (Å²) in [5, 5.41) is 34.4. The lowest BCUT2D eigenvalue weighted by atomic mass is 10.3. The highest BCUT2D eigenvalue weighted by Crippen LogP contribution is 2.52. The van der Waals surface area contributed by atoms with E-state index in [1.165, 1.54) is 0 Å². The van der Waals surface area contributed by atoms with Crippen molar-refractivity contribution in [2.75, 3.05) is 11.5 Å². The van der Waals surface area contributed by atoms with Gasteiger partial charge < -0.3 is 26.4 Å². The molecule has 24 heavy (non-hydrogen) atoms. The number of hydrogen-bond acceptors (Lipinski definition) is 14. The summed E-state index contributed by atoms with van der Waals surface area (Å²) in [6.45, 7) is 0. The fraction of sp³-hybridized carbons (Fsp3) is 0.111. The minimum atomic E-state index is -2.24. The molecule has 0 aliphatic carbocycles. The van der Waals surface area contributed by atoms with Gasteiger partial charge in [0.15, 0.2) is 8.68 Å². The molecule has 2 aromatic rings. The predicted molar refractivity (Wildman–Crippen MR) is 86.5 cm³/mol. The summed E-state index contributed by atoms with van der Waals surface area (Å²) in [5.74, 6) is -3.53. The number of rotatable bonds is 5. The molecular weight excluding hydrogens is 400 g/mol. The first-order chi connectivity index (χ1) is 11.3. The average molecular weight is 406 g/mol. The third-order valence-corrected chi connectivity index (χ3v) is 6.66. The molecule has 2 aromatic heterocycles. The van der Waals surface area contributed by atoms with Crippen LogP contribution in [0.5, 0.6) is 0 Å². The molecular formula is C9H6N6O5S4. The first-order valence-electron chi connectivity index (χ1n) is 5.77. The van der Waals surface area contributed by atoms with Crippen molar-refractivity contribution < 1.29 is 24.5 Å². The van der Waals surface area contributed by atoms with E-state index in [1.54, 1.807) is 0 Å². The summed E-state index contributed by atoms with van der Waals surface area (Å²) >= 11 is 3.17. The molecule has 15 heteroatoms. The van der Waals surface area contributed by atoms with Crippen LogP contribution in [0.1, 0.15) is 0 Å². The molecule has 0 spiro atoms. The maximum atomic E-state index is 11.8. The number of hydrogen-bond donors (Lipinski definition) is 4. The van der Waals surface area contributed by atoms with Crippen LogP contribution in [0.25, 0.3) is 0 Å². The van der Waals surface area contributed by atoms with E-state index in [-0.39, 0.29) is 23.8 Å². The number of ether oxygens (including phenoxy) is 1. The Hall–Kier alpha value is -2.10. The second kappa shape index (κ2) is 6.08. The monoisotopic (exact) mass is 406 g/mol. The number of nitrogen functional groups attached to an aromatic ring is 2. The van der Waals surface area contributed by atoms with Crippen LogP contribution >= 0.6 is 46.2 Å². The van der Waals surface area contributed by atoms with Gasteiger partial charge in [0.2, 0.25) is 16.0 Å². The Bertz CT molecular complexity index is 864. The number of aliphatic hydroxyl groups is 1. The van der Waals surface area contributed by atoms with Gasteiger partial charge in [0.05, 0.1) is 0 Å². The molecule has 126 valence electrons. The number of carboxylic acids is 1. The van der Waals surface area contributed by atoms with Crippen LogP contribution in [0.15, 0.2) is 19.3 Å². The van der Waals surface area contributed by atoms with Crippen molar-refractivity contribution in [1.29, 1.82) is 0 Å². The number of aromatic nitrogens is 4. The van der Waals surface area contributed by atoms with E-state index in [9.17, 15) is 19.8 Å².